The third-order valence-electron chi connectivity index (χ3n) is 0.600. The molecule has 0 aliphatic rings. The van der Waals surface area contributed by atoms with E-state index < -0.39 is 0 Å². The molecule has 0 saturated heterocycles. The summed E-state index contributed by atoms with van der Waals surface area (Å²) in [5.74, 6) is 0.701. The van der Waals surface area contributed by atoms with Gasteiger partial charge in [0.25, 0.3) is 0 Å². The third-order valence-corrected chi connectivity index (χ3v) is 1.03. The van der Waals surface area contributed by atoms with Gasteiger partial charge in [0.1, 0.15) is 0 Å². The topological polar surface area (TPSA) is 0 Å². The summed E-state index contributed by atoms with van der Waals surface area (Å²) in [4.78, 5) is 0. The lowest BCUT2D eigenvalue weighted by molar-refractivity contribution is 0.834. The standard InChI is InChI=1S/C6H12S/c1-6(2)4-5-7-3/h4-6H,1-3H3/b5-4-. The quantitative estimate of drug-likeness (QED) is 0.534. The number of hydrogen-bond acceptors (Lipinski definition) is 1. The van der Waals surface area contributed by atoms with Gasteiger partial charge in [-0.25, -0.2) is 0 Å². The molecule has 0 aromatic carbocycles. The zero-order valence-corrected chi connectivity index (χ0v) is 5.96. The molecule has 0 N–H and O–H groups in total. The normalized spacial score (nSPS) is 11.4. The van der Waals surface area contributed by atoms with Crippen LogP contribution in [0.2, 0.25) is 0 Å². The van der Waals surface area contributed by atoms with Gasteiger partial charge in [0, 0.05) is 0 Å². The van der Waals surface area contributed by atoms with E-state index in [1.54, 1.807) is 11.8 Å². The number of thioether (sulfide) groups is 1. The van der Waals surface area contributed by atoms with E-state index in [4.69, 9.17) is 0 Å². The lowest BCUT2D eigenvalue weighted by Gasteiger charge is -1.88. The van der Waals surface area contributed by atoms with Crippen molar-refractivity contribution in [2.75, 3.05) is 6.26 Å². The minimum atomic E-state index is 0.701. The van der Waals surface area contributed by atoms with Gasteiger partial charge in [-0.15, -0.1) is 11.8 Å². The lowest BCUT2D eigenvalue weighted by atomic mass is 10.2. The first-order chi connectivity index (χ1) is 3.27. The number of hydrogen-bond donors (Lipinski definition) is 0. The molecule has 0 unspecified atom stereocenters. The van der Waals surface area contributed by atoms with E-state index in [-0.39, 0.29) is 0 Å². The SMILES string of the molecule is CS/C=C\C(C)C. The Morgan fingerprint density at radius 2 is 2.00 bits per heavy atom. The molecule has 7 heavy (non-hydrogen) atoms. The zero-order chi connectivity index (χ0) is 5.70. The summed E-state index contributed by atoms with van der Waals surface area (Å²) in [5, 5.41) is 2.12. The highest BCUT2D eigenvalue weighted by Gasteiger charge is 1.78. The van der Waals surface area contributed by atoms with Crippen LogP contribution in [0.1, 0.15) is 13.8 Å². The van der Waals surface area contributed by atoms with Crippen LogP contribution >= 0.6 is 11.8 Å². The van der Waals surface area contributed by atoms with Crippen molar-refractivity contribution in [3.63, 3.8) is 0 Å². The molecule has 0 spiro atoms. The van der Waals surface area contributed by atoms with E-state index in [2.05, 4.69) is 31.6 Å². The van der Waals surface area contributed by atoms with E-state index in [9.17, 15) is 0 Å². The van der Waals surface area contributed by atoms with Crippen LogP contribution in [0.4, 0.5) is 0 Å². The molecule has 0 saturated carbocycles. The van der Waals surface area contributed by atoms with Crippen LogP contribution in [-0.2, 0) is 0 Å². The maximum absolute atomic E-state index is 2.19. The Bertz CT molecular complexity index is 55.2. The molecule has 0 fully saturated rings. The predicted octanol–water partition coefficient (Wildman–Crippen LogP) is 2.52. The molecule has 0 aromatic rings. The zero-order valence-electron chi connectivity index (χ0n) is 5.14. The van der Waals surface area contributed by atoms with Crippen LogP contribution in [0, 0.1) is 5.92 Å². The lowest BCUT2D eigenvalue weighted by Crippen LogP contribution is -1.73. The molecular formula is C6H12S. The monoisotopic (exact) mass is 116 g/mol. The summed E-state index contributed by atoms with van der Waals surface area (Å²) in [7, 11) is 0. The van der Waals surface area contributed by atoms with Gasteiger partial charge in [0.15, 0.2) is 0 Å². The predicted molar refractivity (Wildman–Crippen MR) is 37.5 cm³/mol. The van der Waals surface area contributed by atoms with Crippen LogP contribution in [0.25, 0.3) is 0 Å². The fourth-order valence-electron chi connectivity index (χ4n) is 0.236. The largest absolute Gasteiger partial charge is 0.138 e. The molecule has 0 atom stereocenters. The maximum Gasteiger partial charge on any atom is -0.0142 e. The first-order valence-corrected chi connectivity index (χ1v) is 3.75. The summed E-state index contributed by atoms with van der Waals surface area (Å²) in [6, 6.07) is 0. The summed E-state index contributed by atoms with van der Waals surface area (Å²) in [6.07, 6.45) is 4.25. The molecule has 1 heteroatoms. The molecule has 0 rings (SSSR count). The van der Waals surface area contributed by atoms with Crippen molar-refractivity contribution >= 4 is 11.8 Å². The van der Waals surface area contributed by atoms with Gasteiger partial charge >= 0.3 is 0 Å². The Balaban J connectivity index is 3.08. The van der Waals surface area contributed by atoms with Gasteiger partial charge in [-0.2, -0.15) is 0 Å². The van der Waals surface area contributed by atoms with E-state index in [0.29, 0.717) is 5.92 Å². The number of allylic oxidation sites excluding steroid dienone is 1. The Hall–Kier alpha value is 0.0900. The van der Waals surface area contributed by atoms with Gasteiger partial charge in [-0.1, -0.05) is 19.9 Å². The van der Waals surface area contributed by atoms with Crippen molar-refractivity contribution in [1.82, 2.24) is 0 Å². The smallest absolute Gasteiger partial charge is 0.0142 e. The van der Waals surface area contributed by atoms with Crippen molar-refractivity contribution in [3.05, 3.63) is 11.5 Å². The van der Waals surface area contributed by atoms with Gasteiger partial charge < -0.3 is 0 Å². The van der Waals surface area contributed by atoms with E-state index in [1.165, 1.54) is 0 Å². The first-order valence-electron chi connectivity index (χ1n) is 2.47. The average molecular weight is 116 g/mol. The van der Waals surface area contributed by atoms with Gasteiger partial charge in [-0.05, 0) is 17.6 Å². The Morgan fingerprint density at radius 3 is 2.14 bits per heavy atom. The second-order valence-corrected chi connectivity index (χ2v) is 2.55. The summed E-state index contributed by atoms with van der Waals surface area (Å²) in [6.45, 7) is 4.35. The number of rotatable bonds is 2. The maximum atomic E-state index is 2.19. The first kappa shape index (κ1) is 7.09. The Kier molecular flexibility index (Phi) is 4.31. The van der Waals surface area contributed by atoms with Crippen molar-refractivity contribution in [3.8, 4) is 0 Å². The highest BCUT2D eigenvalue weighted by Crippen LogP contribution is 1.99. The third kappa shape index (κ3) is 6.09. The highest BCUT2D eigenvalue weighted by atomic mass is 32.2. The summed E-state index contributed by atoms with van der Waals surface area (Å²) < 4.78 is 0. The molecule has 0 heterocycles. The van der Waals surface area contributed by atoms with E-state index in [1.807, 2.05) is 0 Å². The minimum absolute atomic E-state index is 0.701. The highest BCUT2D eigenvalue weighted by molar-refractivity contribution is 8.01. The molecule has 42 valence electrons. The van der Waals surface area contributed by atoms with Crippen molar-refractivity contribution in [2.24, 2.45) is 5.92 Å². The second kappa shape index (κ2) is 4.25. The van der Waals surface area contributed by atoms with Gasteiger partial charge in [0.2, 0.25) is 0 Å². The Labute approximate surface area is 50.0 Å². The van der Waals surface area contributed by atoms with E-state index >= 15 is 0 Å². The van der Waals surface area contributed by atoms with Crippen LogP contribution in [0.3, 0.4) is 0 Å². The molecule has 0 aliphatic heterocycles. The van der Waals surface area contributed by atoms with Crippen LogP contribution in [-0.4, -0.2) is 6.26 Å². The van der Waals surface area contributed by atoms with Crippen molar-refractivity contribution < 1.29 is 0 Å². The molecule has 0 aliphatic carbocycles. The van der Waals surface area contributed by atoms with Crippen molar-refractivity contribution in [2.45, 2.75) is 13.8 Å². The molecule has 0 bridgehead atoms. The molecule has 0 nitrogen and oxygen atoms in total. The summed E-state index contributed by atoms with van der Waals surface area (Å²) >= 11 is 1.75. The van der Waals surface area contributed by atoms with Gasteiger partial charge in [0.05, 0.1) is 0 Å². The molecule has 0 amide bonds. The van der Waals surface area contributed by atoms with E-state index in [0.717, 1.165) is 0 Å². The second-order valence-electron chi connectivity index (χ2n) is 1.81. The fourth-order valence-corrected chi connectivity index (χ4v) is 0.707. The molecule has 0 aromatic heterocycles. The average Bonchev–Trinajstić information content (AvgIpc) is 1.61. The van der Waals surface area contributed by atoms with Crippen molar-refractivity contribution in [1.29, 1.82) is 0 Å². The fraction of sp³-hybridized carbons (Fsp3) is 0.667. The van der Waals surface area contributed by atoms with Crippen LogP contribution in [0.5, 0.6) is 0 Å². The minimum Gasteiger partial charge on any atom is -0.138 e. The summed E-state index contributed by atoms with van der Waals surface area (Å²) in [5.41, 5.74) is 0. The Morgan fingerprint density at radius 1 is 1.43 bits per heavy atom. The van der Waals surface area contributed by atoms with Crippen LogP contribution in [0.15, 0.2) is 11.5 Å². The molecular weight excluding hydrogens is 104 g/mol. The van der Waals surface area contributed by atoms with Crippen LogP contribution < -0.4 is 0 Å². The molecule has 0 radical (unpaired) electrons. The van der Waals surface area contributed by atoms with Gasteiger partial charge in [-0.3, -0.25) is 0 Å².